The van der Waals surface area contributed by atoms with Gasteiger partial charge in [0.15, 0.2) is 0 Å². The van der Waals surface area contributed by atoms with Gasteiger partial charge in [-0.25, -0.2) is 0 Å². The Kier molecular flexibility index (Phi) is 9.62. The molecule has 1 aliphatic heterocycles. The van der Waals surface area contributed by atoms with E-state index in [0.717, 1.165) is 13.1 Å². The second-order valence-electron chi connectivity index (χ2n) is 5.20. The Bertz CT molecular complexity index is 409. The number of halogens is 2. The monoisotopic (exact) mass is 333 g/mol. The molecule has 3 N–H and O–H groups in total. The third kappa shape index (κ3) is 5.83. The number of rotatable bonds is 5. The van der Waals surface area contributed by atoms with Crippen molar-refractivity contribution in [2.75, 3.05) is 19.6 Å². The van der Waals surface area contributed by atoms with Crippen molar-refractivity contribution in [3.63, 3.8) is 0 Å². The molecule has 120 valence electrons. The average Bonchev–Trinajstić information content (AvgIpc) is 2.94. The second-order valence-corrected chi connectivity index (χ2v) is 5.20. The smallest absolute Gasteiger partial charge is 0.236 e. The molecule has 0 bridgehead atoms. The van der Waals surface area contributed by atoms with Crippen LogP contribution in [0.5, 0.6) is 0 Å². The number of carbonyl (C=O) groups is 1. The van der Waals surface area contributed by atoms with Gasteiger partial charge in [-0.1, -0.05) is 30.3 Å². The fourth-order valence-corrected chi connectivity index (χ4v) is 2.54. The van der Waals surface area contributed by atoms with Gasteiger partial charge in [0, 0.05) is 6.54 Å². The number of nitrogens with zero attached hydrogens (tertiary/aromatic N) is 1. The highest BCUT2D eigenvalue weighted by atomic mass is 35.5. The van der Waals surface area contributed by atoms with Crippen molar-refractivity contribution in [2.45, 2.75) is 31.8 Å². The van der Waals surface area contributed by atoms with Crippen molar-refractivity contribution in [3.8, 4) is 0 Å². The number of hydrogen-bond acceptors (Lipinski definition) is 3. The van der Waals surface area contributed by atoms with Gasteiger partial charge in [-0.15, -0.1) is 24.8 Å². The maximum Gasteiger partial charge on any atom is 0.236 e. The maximum atomic E-state index is 11.6. The lowest BCUT2D eigenvalue weighted by molar-refractivity contribution is -0.122. The number of benzene rings is 1. The molecule has 1 amide bonds. The Morgan fingerprint density at radius 2 is 1.81 bits per heavy atom. The van der Waals surface area contributed by atoms with Gasteiger partial charge in [-0.05, 0) is 38.4 Å². The zero-order chi connectivity index (χ0) is 13.7. The van der Waals surface area contributed by atoms with E-state index in [1.165, 1.54) is 18.4 Å². The first-order chi connectivity index (χ1) is 9.18. The minimum absolute atomic E-state index is 0. The van der Waals surface area contributed by atoms with Gasteiger partial charge in [0.1, 0.15) is 0 Å². The van der Waals surface area contributed by atoms with Crippen LogP contribution in [-0.4, -0.2) is 36.5 Å². The van der Waals surface area contributed by atoms with Crippen molar-refractivity contribution >= 4 is 30.7 Å². The first-order valence-corrected chi connectivity index (χ1v) is 7.01. The summed E-state index contributed by atoms with van der Waals surface area (Å²) in [5.74, 6) is -0.0832. The van der Waals surface area contributed by atoms with Crippen LogP contribution in [0, 0.1) is 0 Å². The second kappa shape index (κ2) is 10.0. The summed E-state index contributed by atoms with van der Waals surface area (Å²) in [5, 5.41) is 2.95. The lowest BCUT2D eigenvalue weighted by Crippen LogP contribution is -2.43. The van der Waals surface area contributed by atoms with Gasteiger partial charge < -0.3 is 11.1 Å². The van der Waals surface area contributed by atoms with E-state index in [0.29, 0.717) is 6.54 Å². The van der Waals surface area contributed by atoms with Crippen LogP contribution in [0.1, 0.15) is 31.4 Å². The third-order valence-electron chi connectivity index (χ3n) is 3.65. The molecule has 0 aromatic heterocycles. The molecule has 0 saturated carbocycles. The van der Waals surface area contributed by atoms with E-state index in [4.69, 9.17) is 5.73 Å². The Morgan fingerprint density at radius 3 is 2.33 bits per heavy atom. The average molecular weight is 334 g/mol. The number of carbonyl (C=O) groups excluding carboxylic acids is 1. The molecule has 1 unspecified atom stereocenters. The summed E-state index contributed by atoms with van der Waals surface area (Å²) in [6.45, 7) is 4.55. The highest BCUT2D eigenvalue weighted by molar-refractivity contribution is 5.85. The molecule has 2 atom stereocenters. The van der Waals surface area contributed by atoms with Crippen LogP contribution in [0.25, 0.3) is 0 Å². The summed E-state index contributed by atoms with van der Waals surface area (Å²) in [5.41, 5.74) is 6.85. The van der Waals surface area contributed by atoms with E-state index >= 15 is 0 Å². The number of hydrogen-bond donors (Lipinski definition) is 2. The summed E-state index contributed by atoms with van der Waals surface area (Å²) in [7, 11) is 0. The summed E-state index contributed by atoms with van der Waals surface area (Å²) in [4.78, 5) is 14.1. The standard InChI is InChI=1S/C15H23N3O.2ClH/c1-12(16)15(19)17-11-14(18-9-5-6-10-18)13-7-3-2-4-8-13;;/h2-4,7-8,12,14H,5-6,9-11,16H2,1H3,(H,17,19);2*1H/t12-,14?;;/m1../s1. The summed E-state index contributed by atoms with van der Waals surface area (Å²) >= 11 is 0. The molecule has 0 aliphatic carbocycles. The first kappa shape index (κ1) is 20.2. The lowest BCUT2D eigenvalue weighted by atomic mass is 10.1. The van der Waals surface area contributed by atoms with Gasteiger partial charge in [0.25, 0.3) is 0 Å². The molecule has 0 radical (unpaired) electrons. The van der Waals surface area contributed by atoms with Crippen molar-refractivity contribution in [3.05, 3.63) is 35.9 Å². The fourth-order valence-electron chi connectivity index (χ4n) is 2.54. The summed E-state index contributed by atoms with van der Waals surface area (Å²) in [6.07, 6.45) is 2.48. The SMILES string of the molecule is C[C@@H](N)C(=O)NCC(c1ccccc1)N1CCCC1.Cl.Cl. The molecule has 2 rings (SSSR count). The van der Waals surface area contributed by atoms with E-state index < -0.39 is 6.04 Å². The van der Waals surface area contributed by atoms with Crippen molar-refractivity contribution in [1.29, 1.82) is 0 Å². The van der Waals surface area contributed by atoms with Crippen molar-refractivity contribution in [1.82, 2.24) is 10.2 Å². The van der Waals surface area contributed by atoms with E-state index in [-0.39, 0.29) is 36.8 Å². The van der Waals surface area contributed by atoms with Crippen LogP contribution < -0.4 is 11.1 Å². The Balaban J connectivity index is 0.00000200. The third-order valence-corrected chi connectivity index (χ3v) is 3.65. The highest BCUT2D eigenvalue weighted by Gasteiger charge is 2.24. The number of nitrogens with two attached hydrogens (primary N) is 1. The fraction of sp³-hybridized carbons (Fsp3) is 0.533. The van der Waals surface area contributed by atoms with Crippen LogP contribution >= 0.6 is 24.8 Å². The van der Waals surface area contributed by atoms with Crippen LogP contribution in [0.15, 0.2) is 30.3 Å². The zero-order valence-electron chi connectivity index (χ0n) is 12.3. The molecular formula is C15H25Cl2N3O. The largest absolute Gasteiger partial charge is 0.353 e. The number of likely N-dealkylation sites (tertiary alicyclic amines) is 1. The van der Waals surface area contributed by atoms with Crippen LogP contribution in [0.4, 0.5) is 0 Å². The molecule has 1 saturated heterocycles. The van der Waals surface area contributed by atoms with Crippen LogP contribution in [-0.2, 0) is 4.79 Å². The van der Waals surface area contributed by atoms with Gasteiger partial charge >= 0.3 is 0 Å². The van der Waals surface area contributed by atoms with Gasteiger partial charge in [-0.3, -0.25) is 9.69 Å². The topological polar surface area (TPSA) is 58.4 Å². The van der Waals surface area contributed by atoms with Gasteiger partial charge in [0.2, 0.25) is 5.91 Å². The normalized spacial score (nSPS) is 17.2. The molecule has 4 nitrogen and oxygen atoms in total. The molecule has 21 heavy (non-hydrogen) atoms. The maximum absolute atomic E-state index is 11.6. The highest BCUT2D eigenvalue weighted by Crippen LogP contribution is 2.24. The molecular weight excluding hydrogens is 309 g/mol. The minimum Gasteiger partial charge on any atom is -0.353 e. The van der Waals surface area contributed by atoms with Crippen LogP contribution in [0.2, 0.25) is 0 Å². The Morgan fingerprint density at radius 1 is 1.24 bits per heavy atom. The number of amides is 1. The van der Waals surface area contributed by atoms with E-state index in [1.807, 2.05) is 18.2 Å². The molecule has 6 heteroatoms. The predicted molar refractivity (Wildman–Crippen MR) is 91.1 cm³/mol. The van der Waals surface area contributed by atoms with Crippen molar-refractivity contribution < 1.29 is 4.79 Å². The lowest BCUT2D eigenvalue weighted by Gasteiger charge is -2.28. The van der Waals surface area contributed by atoms with Crippen LogP contribution in [0.3, 0.4) is 0 Å². The van der Waals surface area contributed by atoms with Crippen molar-refractivity contribution in [2.24, 2.45) is 5.73 Å². The summed E-state index contributed by atoms with van der Waals surface area (Å²) in [6, 6.07) is 10.2. The Labute approximate surface area is 139 Å². The van der Waals surface area contributed by atoms with E-state index in [2.05, 4.69) is 22.3 Å². The molecule has 1 aromatic carbocycles. The summed E-state index contributed by atoms with van der Waals surface area (Å²) < 4.78 is 0. The molecule has 0 spiro atoms. The Hall–Kier alpha value is -0.810. The first-order valence-electron chi connectivity index (χ1n) is 7.01. The van der Waals surface area contributed by atoms with E-state index in [1.54, 1.807) is 6.92 Å². The van der Waals surface area contributed by atoms with Gasteiger partial charge in [0.05, 0.1) is 12.1 Å². The molecule has 1 fully saturated rings. The molecule has 1 aromatic rings. The number of nitrogens with one attached hydrogen (secondary N) is 1. The predicted octanol–water partition coefficient (Wildman–Crippen LogP) is 2.13. The minimum atomic E-state index is -0.449. The molecule has 1 heterocycles. The quantitative estimate of drug-likeness (QED) is 0.867. The molecule has 1 aliphatic rings. The zero-order valence-corrected chi connectivity index (χ0v) is 14.0. The van der Waals surface area contributed by atoms with Gasteiger partial charge in [-0.2, -0.15) is 0 Å². The van der Waals surface area contributed by atoms with E-state index in [9.17, 15) is 4.79 Å².